The van der Waals surface area contributed by atoms with E-state index in [2.05, 4.69) is 31.2 Å². The van der Waals surface area contributed by atoms with Gasteiger partial charge in [-0.3, -0.25) is 10.1 Å². The van der Waals surface area contributed by atoms with Gasteiger partial charge in [-0.05, 0) is 21.3 Å². The van der Waals surface area contributed by atoms with E-state index in [0.29, 0.717) is 15.8 Å². The lowest BCUT2D eigenvalue weighted by molar-refractivity contribution is 0.102. The lowest BCUT2D eigenvalue weighted by Gasteiger charge is -2.06. The largest absolute Gasteiger partial charge is 0.298 e. The van der Waals surface area contributed by atoms with Crippen molar-refractivity contribution in [2.24, 2.45) is 0 Å². The van der Waals surface area contributed by atoms with Crippen molar-refractivity contribution in [2.45, 2.75) is 0 Å². The Kier molecular flexibility index (Phi) is 3.69. The van der Waals surface area contributed by atoms with Gasteiger partial charge in [0, 0.05) is 11.6 Å². The molecule has 0 saturated heterocycles. The average Bonchev–Trinajstić information content (AvgIpc) is 2.84. The van der Waals surface area contributed by atoms with Crippen LogP contribution in [0.25, 0.3) is 10.8 Å². The maximum atomic E-state index is 12.3. The first-order chi connectivity index (χ1) is 9.65. The molecule has 1 amide bonds. The van der Waals surface area contributed by atoms with E-state index in [1.807, 2.05) is 24.3 Å². The molecule has 100 valence electrons. The molecule has 0 unspecified atom stereocenters. The van der Waals surface area contributed by atoms with Crippen molar-refractivity contribution in [3.8, 4) is 0 Å². The van der Waals surface area contributed by atoms with E-state index in [0.717, 1.165) is 14.6 Å². The Hall–Kier alpha value is -1.50. The number of nitrogens with one attached hydrogen (secondary N) is 1. The number of fused-ring (bicyclic) bond motifs is 1. The Morgan fingerprint density at radius 1 is 1.20 bits per heavy atom. The van der Waals surface area contributed by atoms with Gasteiger partial charge in [-0.25, -0.2) is 9.97 Å². The fraction of sp³-hybridized carbons (Fsp3) is 0. The molecular formula is C13H7BrClN3OS. The van der Waals surface area contributed by atoms with Crippen LogP contribution in [-0.4, -0.2) is 15.9 Å². The van der Waals surface area contributed by atoms with E-state index in [1.165, 1.54) is 17.5 Å². The van der Waals surface area contributed by atoms with Crippen LogP contribution in [0.2, 0.25) is 5.15 Å². The molecule has 0 fully saturated rings. The number of benzene rings is 1. The molecule has 0 saturated carbocycles. The van der Waals surface area contributed by atoms with Gasteiger partial charge in [0.1, 0.15) is 5.15 Å². The zero-order chi connectivity index (χ0) is 14.1. The number of nitrogens with zero attached hydrogens (tertiary/aromatic N) is 2. The molecule has 20 heavy (non-hydrogen) atoms. The highest BCUT2D eigenvalue weighted by Crippen LogP contribution is 2.27. The summed E-state index contributed by atoms with van der Waals surface area (Å²) in [6.07, 6.45) is 3.11. The van der Waals surface area contributed by atoms with Crippen LogP contribution in [-0.2, 0) is 0 Å². The first-order valence-corrected chi connectivity index (χ1v) is 7.60. The fourth-order valence-electron chi connectivity index (χ4n) is 1.82. The van der Waals surface area contributed by atoms with Crippen LogP contribution in [0.4, 0.5) is 5.13 Å². The SMILES string of the molecule is O=C(Nc1ncc(Br)s1)c1cnc(Cl)c2ccccc12. The summed E-state index contributed by atoms with van der Waals surface area (Å²) in [5.74, 6) is -0.257. The zero-order valence-electron chi connectivity index (χ0n) is 9.93. The minimum Gasteiger partial charge on any atom is -0.298 e. The molecule has 2 aromatic heterocycles. The van der Waals surface area contributed by atoms with Gasteiger partial charge in [0.05, 0.1) is 15.5 Å². The lowest BCUT2D eigenvalue weighted by Crippen LogP contribution is -2.12. The number of hydrogen-bond acceptors (Lipinski definition) is 4. The predicted molar refractivity (Wildman–Crippen MR) is 84.5 cm³/mol. The molecule has 0 radical (unpaired) electrons. The monoisotopic (exact) mass is 367 g/mol. The molecule has 0 spiro atoms. The molecule has 0 bridgehead atoms. The van der Waals surface area contributed by atoms with Crippen LogP contribution < -0.4 is 5.32 Å². The van der Waals surface area contributed by atoms with Crippen LogP contribution in [0, 0.1) is 0 Å². The quantitative estimate of drug-likeness (QED) is 0.684. The maximum Gasteiger partial charge on any atom is 0.259 e. The normalized spacial score (nSPS) is 10.7. The van der Waals surface area contributed by atoms with E-state index >= 15 is 0 Å². The van der Waals surface area contributed by atoms with Crippen molar-refractivity contribution in [3.05, 3.63) is 51.2 Å². The summed E-state index contributed by atoms with van der Waals surface area (Å²) in [6.45, 7) is 0. The van der Waals surface area contributed by atoms with E-state index < -0.39 is 0 Å². The summed E-state index contributed by atoms with van der Waals surface area (Å²) in [4.78, 5) is 20.4. The van der Waals surface area contributed by atoms with Gasteiger partial charge in [-0.15, -0.1) is 0 Å². The third kappa shape index (κ3) is 2.54. The highest BCUT2D eigenvalue weighted by molar-refractivity contribution is 9.11. The highest BCUT2D eigenvalue weighted by atomic mass is 79.9. The van der Waals surface area contributed by atoms with Crippen molar-refractivity contribution in [3.63, 3.8) is 0 Å². The van der Waals surface area contributed by atoms with Gasteiger partial charge in [0.15, 0.2) is 5.13 Å². The second-order valence-electron chi connectivity index (χ2n) is 3.93. The van der Waals surface area contributed by atoms with Crippen molar-refractivity contribution in [2.75, 3.05) is 5.32 Å². The zero-order valence-corrected chi connectivity index (χ0v) is 13.1. The van der Waals surface area contributed by atoms with Crippen LogP contribution in [0.1, 0.15) is 10.4 Å². The highest BCUT2D eigenvalue weighted by Gasteiger charge is 2.14. The summed E-state index contributed by atoms with van der Waals surface area (Å²) in [5.41, 5.74) is 0.469. The molecule has 0 aliphatic carbocycles. The molecule has 0 atom stereocenters. The second kappa shape index (κ2) is 5.47. The van der Waals surface area contributed by atoms with E-state index in [4.69, 9.17) is 11.6 Å². The molecule has 0 aliphatic rings. The number of hydrogen-bond donors (Lipinski definition) is 1. The first-order valence-electron chi connectivity index (χ1n) is 5.61. The maximum absolute atomic E-state index is 12.3. The van der Waals surface area contributed by atoms with Crippen LogP contribution in [0.3, 0.4) is 0 Å². The number of carbonyl (C=O) groups excluding carboxylic acids is 1. The Bertz CT molecular complexity index is 805. The summed E-state index contributed by atoms with van der Waals surface area (Å²) < 4.78 is 0.854. The first kappa shape index (κ1) is 13.5. The molecule has 2 heterocycles. The number of rotatable bonds is 2. The van der Waals surface area contributed by atoms with Crippen molar-refractivity contribution >= 4 is 60.7 Å². The number of thiazole rings is 1. The fourth-order valence-corrected chi connectivity index (χ4v) is 3.13. The third-order valence-corrected chi connectivity index (χ3v) is 4.38. The number of amides is 1. The Labute approximate surface area is 131 Å². The van der Waals surface area contributed by atoms with Gasteiger partial charge in [-0.1, -0.05) is 47.2 Å². The average molecular weight is 369 g/mol. The number of carbonyl (C=O) groups is 1. The topological polar surface area (TPSA) is 54.9 Å². The van der Waals surface area contributed by atoms with Gasteiger partial charge in [0.25, 0.3) is 5.91 Å². The molecule has 1 N–H and O–H groups in total. The van der Waals surface area contributed by atoms with Gasteiger partial charge < -0.3 is 0 Å². The van der Waals surface area contributed by atoms with Crippen molar-refractivity contribution < 1.29 is 4.79 Å². The summed E-state index contributed by atoms with van der Waals surface area (Å²) in [7, 11) is 0. The summed E-state index contributed by atoms with van der Waals surface area (Å²) >= 11 is 10.7. The standard InChI is InChI=1S/C13H7BrClN3OS/c14-10-6-17-13(20-10)18-12(19)9-5-16-11(15)8-4-2-1-3-7(8)9/h1-6H,(H,17,18,19). The van der Waals surface area contributed by atoms with Crippen LogP contribution in [0.15, 0.2) is 40.4 Å². The molecule has 1 aromatic carbocycles. The number of pyridine rings is 1. The van der Waals surface area contributed by atoms with E-state index in [-0.39, 0.29) is 5.91 Å². The summed E-state index contributed by atoms with van der Waals surface area (Å²) in [5, 5.41) is 5.17. The van der Waals surface area contributed by atoms with Crippen LogP contribution in [0.5, 0.6) is 0 Å². The van der Waals surface area contributed by atoms with Gasteiger partial charge >= 0.3 is 0 Å². The minimum absolute atomic E-state index is 0.257. The smallest absolute Gasteiger partial charge is 0.259 e. The van der Waals surface area contributed by atoms with E-state index in [1.54, 1.807) is 6.20 Å². The van der Waals surface area contributed by atoms with Gasteiger partial charge in [0.2, 0.25) is 0 Å². The molecule has 7 heteroatoms. The van der Waals surface area contributed by atoms with Gasteiger partial charge in [-0.2, -0.15) is 0 Å². The van der Waals surface area contributed by atoms with Crippen molar-refractivity contribution in [1.29, 1.82) is 0 Å². The number of halogens is 2. The van der Waals surface area contributed by atoms with Crippen molar-refractivity contribution in [1.82, 2.24) is 9.97 Å². The number of anilines is 1. The number of aromatic nitrogens is 2. The second-order valence-corrected chi connectivity index (χ2v) is 6.70. The Morgan fingerprint density at radius 3 is 2.65 bits per heavy atom. The molecule has 0 aliphatic heterocycles. The third-order valence-electron chi connectivity index (χ3n) is 2.69. The Morgan fingerprint density at radius 2 is 1.95 bits per heavy atom. The molecular weight excluding hydrogens is 362 g/mol. The lowest BCUT2D eigenvalue weighted by atomic mass is 10.1. The van der Waals surface area contributed by atoms with Crippen LogP contribution >= 0.6 is 38.9 Å². The predicted octanol–water partition coefficient (Wildman–Crippen LogP) is 4.36. The minimum atomic E-state index is -0.257. The molecule has 3 aromatic rings. The van der Waals surface area contributed by atoms with E-state index in [9.17, 15) is 4.79 Å². The molecule has 3 rings (SSSR count). The molecule has 4 nitrogen and oxygen atoms in total. The Balaban J connectivity index is 2.01. The summed E-state index contributed by atoms with van der Waals surface area (Å²) in [6, 6.07) is 7.39.